The molecule has 0 fully saturated rings. The maximum atomic E-state index is 11.1. The van der Waals surface area contributed by atoms with Gasteiger partial charge in [0.25, 0.3) is 0 Å². The van der Waals surface area contributed by atoms with E-state index in [1.807, 2.05) is 0 Å². The molecule has 0 atom stereocenters. The molecule has 0 aliphatic carbocycles. The molecular formula is C9H14O3Si. The zero-order valence-electron chi connectivity index (χ0n) is 6.78. The van der Waals surface area contributed by atoms with Gasteiger partial charge in [-0.05, 0) is 30.0 Å². The van der Waals surface area contributed by atoms with Crippen LogP contribution in [0.5, 0.6) is 5.75 Å². The number of hydrogen-bond donors (Lipinski definition) is 1. The number of rotatable bonds is 2. The van der Waals surface area contributed by atoms with Crippen molar-refractivity contribution in [3.05, 3.63) is 29.8 Å². The Bertz CT molecular complexity index is 286. The molecule has 0 radical (unpaired) electrons. The second-order valence-electron chi connectivity index (χ2n) is 2.24. The van der Waals surface area contributed by atoms with E-state index in [2.05, 4.69) is 0 Å². The zero-order valence-corrected chi connectivity index (χ0v) is 6.78. The molecule has 0 aromatic heterocycles. The first kappa shape index (κ1) is 11.7. The van der Waals surface area contributed by atoms with E-state index in [0.717, 1.165) is 0 Å². The van der Waals surface area contributed by atoms with Crippen LogP contribution in [-0.2, 0) is 4.74 Å². The molecule has 0 unspecified atom stereocenters. The highest BCUT2D eigenvalue weighted by molar-refractivity contribution is 5.92. The third-order valence-electron chi connectivity index (χ3n) is 1.40. The van der Waals surface area contributed by atoms with Crippen LogP contribution in [0.3, 0.4) is 0 Å². The topological polar surface area (TPSA) is 46.5 Å². The predicted molar refractivity (Wildman–Crippen MR) is 55.4 cm³/mol. The molecule has 4 heteroatoms. The number of aromatic hydroxyl groups is 1. The summed E-state index contributed by atoms with van der Waals surface area (Å²) in [6, 6.07) is 6.30. The van der Waals surface area contributed by atoms with Crippen LogP contribution in [0.4, 0.5) is 0 Å². The van der Waals surface area contributed by atoms with Crippen LogP contribution in [-0.4, -0.2) is 28.6 Å². The number of carbonyl (C=O) groups is 1. The highest BCUT2D eigenvalue weighted by atomic mass is 28.1. The third kappa shape index (κ3) is 2.91. The first-order chi connectivity index (χ1) is 5.75. The Kier molecular flexibility index (Phi) is 4.84. The van der Waals surface area contributed by atoms with E-state index in [9.17, 15) is 9.90 Å². The number of phenols is 1. The lowest BCUT2D eigenvalue weighted by atomic mass is 10.2. The lowest BCUT2D eigenvalue weighted by Crippen LogP contribution is -2.04. The maximum Gasteiger partial charge on any atom is 0.341 e. The van der Waals surface area contributed by atoms with Crippen LogP contribution < -0.4 is 0 Å². The van der Waals surface area contributed by atoms with Crippen LogP contribution in [0.25, 0.3) is 0 Å². The highest BCUT2D eigenvalue weighted by Gasteiger charge is 2.09. The minimum absolute atomic E-state index is 0. The maximum absolute atomic E-state index is 11.1. The molecule has 0 amide bonds. The average molecular weight is 198 g/mol. The fourth-order valence-corrected chi connectivity index (χ4v) is 0.855. The van der Waals surface area contributed by atoms with Crippen molar-refractivity contribution in [1.29, 1.82) is 0 Å². The molecule has 3 nitrogen and oxygen atoms in total. The molecule has 0 spiro atoms. The van der Waals surface area contributed by atoms with Gasteiger partial charge in [-0.3, -0.25) is 0 Å². The van der Waals surface area contributed by atoms with Gasteiger partial charge in [0.05, 0.1) is 6.61 Å². The average Bonchev–Trinajstić information content (AvgIpc) is 2.05. The third-order valence-corrected chi connectivity index (χ3v) is 1.40. The SMILES string of the molecule is CCOC(=O)c1ccccc1O.[SiH4]. The molecule has 1 rings (SSSR count). The normalized spacial score (nSPS) is 8.69. The van der Waals surface area contributed by atoms with E-state index in [4.69, 9.17) is 4.74 Å². The first-order valence-electron chi connectivity index (χ1n) is 3.70. The Morgan fingerprint density at radius 1 is 1.46 bits per heavy atom. The minimum Gasteiger partial charge on any atom is -0.507 e. The van der Waals surface area contributed by atoms with Gasteiger partial charge >= 0.3 is 5.97 Å². The molecule has 0 saturated heterocycles. The monoisotopic (exact) mass is 198 g/mol. The highest BCUT2D eigenvalue weighted by Crippen LogP contribution is 2.16. The fourth-order valence-electron chi connectivity index (χ4n) is 0.855. The van der Waals surface area contributed by atoms with Crippen molar-refractivity contribution >= 4 is 16.9 Å². The Hall–Kier alpha value is -1.29. The van der Waals surface area contributed by atoms with Crippen molar-refractivity contribution in [3.8, 4) is 5.75 Å². The Morgan fingerprint density at radius 3 is 2.62 bits per heavy atom. The number of hydrogen-bond acceptors (Lipinski definition) is 3. The summed E-state index contributed by atoms with van der Waals surface area (Å²) in [5, 5.41) is 9.21. The Morgan fingerprint density at radius 2 is 2.08 bits per heavy atom. The second kappa shape index (κ2) is 5.37. The van der Waals surface area contributed by atoms with E-state index < -0.39 is 5.97 Å². The van der Waals surface area contributed by atoms with Gasteiger partial charge < -0.3 is 9.84 Å². The number of phenolic OH excluding ortho intramolecular Hbond substituents is 1. The molecule has 1 aromatic carbocycles. The predicted octanol–water partition coefficient (Wildman–Crippen LogP) is 0.117. The van der Waals surface area contributed by atoms with E-state index in [-0.39, 0.29) is 22.3 Å². The van der Waals surface area contributed by atoms with Crippen molar-refractivity contribution < 1.29 is 14.6 Å². The molecule has 13 heavy (non-hydrogen) atoms. The van der Waals surface area contributed by atoms with Gasteiger partial charge in [0, 0.05) is 0 Å². The van der Waals surface area contributed by atoms with Crippen molar-refractivity contribution in [2.45, 2.75) is 6.92 Å². The van der Waals surface area contributed by atoms with Crippen molar-refractivity contribution in [2.75, 3.05) is 6.61 Å². The van der Waals surface area contributed by atoms with E-state index >= 15 is 0 Å². The largest absolute Gasteiger partial charge is 0.507 e. The molecule has 0 bridgehead atoms. The van der Waals surface area contributed by atoms with Gasteiger partial charge in [0.15, 0.2) is 0 Å². The molecule has 1 aromatic rings. The van der Waals surface area contributed by atoms with E-state index in [0.29, 0.717) is 6.61 Å². The number of ether oxygens (including phenoxy) is 1. The summed E-state index contributed by atoms with van der Waals surface area (Å²) in [5.74, 6) is -0.536. The van der Waals surface area contributed by atoms with Crippen LogP contribution in [0.1, 0.15) is 17.3 Å². The van der Waals surface area contributed by atoms with E-state index in [1.54, 1.807) is 19.1 Å². The standard InChI is InChI=1S/C9H10O3.H4Si/c1-2-12-9(11)7-5-3-4-6-8(7)10;/h3-6,10H,2H2,1H3;1H4. The van der Waals surface area contributed by atoms with Gasteiger partial charge in [-0.15, -0.1) is 0 Å². The molecule has 0 aliphatic heterocycles. The van der Waals surface area contributed by atoms with Crippen molar-refractivity contribution in [1.82, 2.24) is 0 Å². The summed E-state index contributed by atoms with van der Waals surface area (Å²) < 4.78 is 4.71. The van der Waals surface area contributed by atoms with Crippen LogP contribution in [0.2, 0.25) is 0 Å². The molecule has 0 saturated carbocycles. The van der Waals surface area contributed by atoms with Gasteiger partial charge in [0.1, 0.15) is 11.3 Å². The lowest BCUT2D eigenvalue weighted by molar-refractivity contribution is 0.0523. The fraction of sp³-hybridized carbons (Fsp3) is 0.222. The molecule has 72 valence electrons. The summed E-state index contributed by atoms with van der Waals surface area (Å²) in [4.78, 5) is 11.1. The summed E-state index contributed by atoms with van der Waals surface area (Å²) >= 11 is 0. The summed E-state index contributed by atoms with van der Waals surface area (Å²) in [6.07, 6.45) is 0. The molecular weight excluding hydrogens is 184 g/mol. The van der Waals surface area contributed by atoms with Crippen LogP contribution in [0, 0.1) is 0 Å². The molecule has 1 N–H and O–H groups in total. The van der Waals surface area contributed by atoms with Gasteiger partial charge in [-0.1, -0.05) is 12.1 Å². The van der Waals surface area contributed by atoms with Crippen LogP contribution in [0.15, 0.2) is 24.3 Å². The minimum atomic E-state index is -0.490. The lowest BCUT2D eigenvalue weighted by Gasteiger charge is -2.02. The number of para-hydroxylation sites is 1. The summed E-state index contributed by atoms with van der Waals surface area (Å²) in [5.41, 5.74) is 0.208. The van der Waals surface area contributed by atoms with Gasteiger partial charge in [-0.2, -0.15) is 0 Å². The van der Waals surface area contributed by atoms with Crippen LogP contribution >= 0.6 is 0 Å². The summed E-state index contributed by atoms with van der Waals surface area (Å²) in [6.45, 7) is 2.03. The number of benzene rings is 1. The Labute approximate surface area is 81.4 Å². The second-order valence-corrected chi connectivity index (χ2v) is 2.24. The van der Waals surface area contributed by atoms with Gasteiger partial charge in [0.2, 0.25) is 0 Å². The quantitative estimate of drug-likeness (QED) is 0.542. The first-order valence-corrected chi connectivity index (χ1v) is 3.70. The summed E-state index contributed by atoms with van der Waals surface area (Å²) in [7, 11) is 0. The van der Waals surface area contributed by atoms with Crippen molar-refractivity contribution in [2.24, 2.45) is 0 Å². The Balaban J connectivity index is 0.00000144. The number of carbonyl (C=O) groups excluding carboxylic acids is 1. The van der Waals surface area contributed by atoms with Crippen molar-refractivity contribution in [3.63, 3.8) is 0 Å². The zero-order chi connectivity index (χ0) is 8.97. The number of esters is 1. The van der Waals surface area contributed by atoms with E-state index in [1.165, 1.54) is 12.1 Å². The van der Waals surface area contributed by atoms with Gasteiger partial charge in [-0.25, -0.2) is 4.79 Å². The molecule has 0 aliphatic rings. The smallest absolute Gasteiger partial charge is 0.341 e. The molecule has 0 heterocycles.